The summed E-state index contributed by atoms with van der Waals surface area (Å²) >= 11 is 0. The zero-order chi connectivity index (χ0) is 13.8. The van der Waals surface area contributed by atoms with E-state index in [2.05, 4.69) is 15.8 Å². The summed E-state index contributed by atoms with van der Waals surface area (Å²) in [6.07, 6.45) is -1.41. The molecule has 1 aromatic rings. The molecule has 1 fully saturated rings. The monoisotopic (exact) mass is 269 g/mol. The minimum Gasteiger partial charge on any atom is -0.394 e. The molecule has 104 valence electrons. The number of aliphatic hydroxyl groups is 3. The molecule has 1 amide bonds. The number of hydrogen-bond donors (Lipinski definition) is 5. The van der Waals surface area contributed by atoms with Gasteiger partial charge in [-0.25, -0.2) is 5.43 Å². The Labute approximate surface area is 109 Å². The molecule has 19 heavy (non-hydrogen) atoms. The van der Waals surface area contributed by atoms with E-state index >= 15 is 0 Å². The van der Waals surface area contributed by atoms with Gasteiger partial charge in [-0.2, -0.15) is 0 Å². The van der Waals surface area contributed by atoms with Crippen LogP contribution in [0.15, 0.2) is 24.5 Å². The quantitative estimate of drug-likeness (QED) is 0.391. The Kier molecular flexibility index (Phi) is 4.40. The van der Waals surface area contributed by atoms with E-state index in [1.807, 2.05) is 0 Å². The molecule has 2 heterocycles. The number of hydrogen-bond acceptors (Lipinski definition) is 7. The number of nitrogens with zero attached hydrogens (tertiary/aromatic N) is 1. The Morgan fingerprint density at radius 1 is 1.42 bits per heavy atom. The van der Waals surface area contributed by atoms with Crippen molar-refractivity contribution in [1.82, 2.24) is 15.8 Å². The van der Waals surface area contributed by atoms with Gasteiger partial charge in [0.15, 0.2) is 6.23 Å². The van der Waals surface area contributed by atoms with Gasteiger partial charge in [-0.3, -0.25) is 15.2 Å². The van der Waals surface area contributed by atoms with Crippen molar-refractivity contribution in [2.75, 3.05) is 6.61 Å². The normalized spacial score (nSPS) is 30.3. The predicted octanol–water partition coefficient (Wildman–Crippen LogP) is -2.24. The van der Waals surface area contributed by atoms with Crippen LogP contribution in [0.2, 0.25) is 0 Å². The average molecular weight is 269 g/mol. The lowest BCUT2D eigenvalue weighted by molar-refractivity contribution is -0.0375. The topological polar surface area (TPSA) is 124 Å². The molecule has 0 bridgehead atoms. The zero-order valence-electron chi connectivity index (χ0n) is 9.93. The summed E-state index contributed by atoms with van der Waals surface area (Å²) in [5.74, 6) is -0.453. The molecule has 0 saturated carbocycles. The minimum atomic E-state index is -1.24. The van der Waals surface area contributed by atoms with Crippen LogP contribution in [0.1, 0.15) is 10.4 Å². The highest BCUT2D eigenvalue weighted by molar-refractivity contribution is 5.93. The predicted molar refractivity (Wildman–Crippen MR) is 62.6 cm³/mol. The summed E-state index contributed by atoms with van der Waals surface area (Å²) in [5.41, 5.74) is 5.12. The summed E-state index contributed by atoms with van der Waals surface area (Å²) in [4.78, 5) is 15.5. The standard InChI is InChI=1S/C11H15N3O5/c15-5-7-8(16)9(17)11(19-7)14-13-10(18)6-2-1-3-12-4-6/h1-4,7-9,11,14-17H,5H2,(H,13,18)/t7-,8-,9-,11-/m1/s1. The van der Waals surface area contributed by atoms with Gasteiger partial charge in [0.2, 0.25) is 0 Å². The van der Waals surface area contributed by atoms with Crippen LogP contribution in [-0.4, -0.2) is 57.4 Å². The van der Waals surface area contributed by atoms with Gasteiger partial charge in [0.05, 0.1) is 12.2 Å². The first-order valence-electron chi connectivity index (χ1n) is 5.72. The van der Waals surface area contributed by atoms with Crippen molar-refractivity contribution in [2.24, 2.45) is 0 Å². The van der Waals surface area contributed by atoms with E-state index in [9.17, 15) is 15.0 Å². The fourth-order valence-electron chi connectivity index (χ4n) is 1.72. The lowest BCUT2D eigenvalue weighted by Crippen LogP contribution is -2.49. The fourth-order valence-corrected chi connectivity index (χ4v) is 1.72. The molecule has 0 unspecified atom stereocenters. The first kappa shape index (κ1) is 13.8. The summed E-state index contributed by atoms with van der Waals surface area (Å²) in [6, 6.07) is 3.18. The van der Waals surface area contributed by atoms with Crippen molar-refractivity contribution in [3.8, 4) is 0 Å². The van der Waals surface area contributed by atoms with Crippen LogP contribution in [-0.2, 0) is 4.74 Å². The first-order chi connectivity index (χ1) is 9.13. The maximum atomic E-state index is 11.7. The number of pyridine rings is 1. The molecule has 4 atom stereocenters. The largest absolute Gasteiger partial charge is 0.394 e. The number of nitrogens with one attached hydrogen (secondary N) is 2. The maximum Gasteiger partial charge on any atom is 0.267 e. The summed E-state index contributed by atoms with van der Waals surface area (Å²) in [7, 11) is 0. The van der Waals surface area contributed by atoms with Gasteiger partial charge in [0.1, 0.15) is 18.3 Å². The molecule has 1 saturated heterocycles. The van der Waals surface area contributed by atoms with Gasteiger partial charge in [-0.05, 0) is 12.1 Å². The number of carbonyl (C=O) groups excluding carboxylic acids is 1. The third-order valence-electron chi connectivity index (χ3n) is 2.79. The Bertz CT molecular complexity index is 430. The molecular formula is C11H15N3O5. The van der Waals surface area contributed by atoms with Crippen LogP contribution in [0.5, 0.6) is 0 Å². The number of rotatable bonds is 4. The van der Waals surface area contributed by atoms with E-state index in [0.717, 1.165) is 0 Å². The molecule has 5 N–H and O–H groups in total. The molecule has 8 nitrogen and oxygen atoms in total. The summed E-state index contributed by atoms with van der Waals surface area (Å²) < 4.78 is 5.13. The smallest absolute Gasteiger partial charge is 0.267 e. The number of amides is 1. The number of ether oxygens (including phenoxy) is 1. The molecule has 0 aliphatic carbocycles. The lowest BCUT2D eigenvalue weighted by Gasteiger charge is -2.16. The Morgan fingerprint density at radius 3 is 2.79 bits per heavy atom. The van der Waals surface area contributed by atoms with Crippen LogP contribution in [0, 0.1) is 0 Å². The van der Waals surface area contributed by atoms with Crippen LogP contribution >= 0.6 is 0 Å². The fraction of sp³-hybridized carbons (Fsp3) is 0.455. The third-order valence-corrected chi connectivity index (χ3v) is 2.79. The second-order valence-corrected chi connectivity index (χ2v) is 4.10. The van der Waals surface area contributed by atoms with Crippen molar-refractivity contribution in [1.29, 1.82) is 0 Å². The van der Waals surface area contributed by atoms with Gasteiger partial charge >= 0.3 is 0 Å². The Balaban J connectivity index is 1.88. The van der Waals surface area contributed by atoms with E-state index in [1.54, 1.807) is 12.1 Å². The number of aliphatic hydroxyl groups excluding tert-OH is 3. The lowest BCUT2D eigenvalue weighted by atomic mass is 10.1. The molecule has 1 aromatic heterocycles. The van der Waals surface area contributed by atoms with E-state index in [-0.39, 0.29) is 0 Å². The van der Waals surface area contributed by atoms with Crippen molar-refractivity contribution >= 4 is 5.91 Å². The van der Waals surface area contributed by atoms with Crippen LogP contribution < -0.4 is 10.9 Å². The van der Waals surface area contributed by atoms with Gasteiger partial charge in [-0.15, -0.1) is 0 Å². The molecule has 1 aliphatic heterocycles. The Morgan fingerprint density at radius 2 is 2.21 bits per heavy atom. The maximum absolute atomic E-state index is 11.7. The second kappa shape index (κ2) is 6.04. The average Bonchev–Trinajstić information content (AvgIpc) is 2.73. The van der Waals surface area contributed by atoms with Gasteiger partial charge in [0.25, 0.3) is 5.91 Å². The Hall–Kier alpha value is -1.58. The van der Waals surface area contributed by atoms with Crippen molar-refractivity contribution in [3.63, 3.8) is 0 Å². The molecule has 0 spiro atoms. The molecule has 8 heteroatoms. The summed E-state index contributed by atoms with van der Waals surface area (Å²) in [6.45, 7) is -0.424. The van der Waals surface area contributed by atoms with Gasteiger partial charge < -0.3 is 20.1 Å². The summed E-state index contributed by atoms with van der Waals surface area (Å²) in [5, 5.41) is 28.1. The first-order valence-corrected chi connectivity index (χ1v) is 5.72. The zero-order valence-corrected chi connectivity index (χ0v) is 9.93. The van der Waals surface area contributed by atoms with E-state index in [0.29, 0.717) is 5.56 Å². The van der Waals surface area contributed by atoms with E-state index in [4.69, 9.17) is 9.84 Å². The van der Waals surface area contributed by atoms with Gasteiger partial charge in [0, 0.05) is 12.4 Å². The van der Waals surface area contributed by atoms with Crippen LogP contribution in [0.4, 0.5) is 0 Å². The minimum absolute atomic E-state index is 0.335. The van der Waals surface area contributed by atoms with Crippen molar-refractivity contribution < 1.29 is 24.9 Å². The highest BCUT2D eigenvalue weighted by Gasteiger charge is 2.42. The SMILES string of the molecule is O=C(NN[C@@H]1O[C@H](CO)[C@@H](O)[C@H]1O)c1cccnc1. The number of hydrazine groups is 1. The third kappa shape index (κ3) is 3.06. The second-order valence-electron chi connectivity index (χ2n) is 4.10. The number of carbonyl (C=O) groups is 1. The van der Waals surface area contributed by atoms with Crippen LogP contribution in [0.25, 0.3) is 0 Å². The molecule has 0 aromatic carbocycles. The molecule has 1 aliphatic rings. The van der Waals surface area contributed by atoms with Crippen molar-refractivity contribution in [2.45, 2.75) is 24.5 Å². The highest BCUT2D eigenvalue weighted by atomic mass is 16.6. The van der Waals surface area contributed by atoms with E-state index in [1.165, 1.54) is 12.4 Å². The van der Waals surface area contributed by atoms with Gasteiger partial charge in [-0.1, -0.05) is 0 Å². The molecular weight excluding hydrogens is 254 g/mol. The van der Waals surface area contributed by atoms with Crippen LogP contribution in [0.3, 0.4) is 0 Å². The number of aromatic nitrogens is 1. The molecule has 0 radical (unpaired) electrons. The van der Waals surface area contributed by atoms with Crippen molar-refractivity contribution in [3.05, 3.63) is 30.1 Å². The molecule has 2 rings (SSSR count). The highest BCUT2D eigenvalue weighted by Crippen LogP contribution is 2.18. The van der Waals surface area contributed by atoms with E-state index < -0.39 is 37.1 Å².